The number of hydrogen-bond donors (Lipinski definition) is 0. The molecule has 3 nitrogen and oxygen atoms in total. The van der Waals surface area contributed by atoms with Crippen molar-refractivity contribution in [3.05, 3.63) is 143 Å². The summed E-state index contributed by atoms with van der Waals surface area (Å²) in [4.78, 5) is 17.7. The van der Waals surface area contributed by atoms with Crippen LogP contribution in [0, 0.1) is 0 Å². The van der Waals surface area contributed by atoms with Crippen LogP contribution in [0.25, 0.3) is 0 Å². The lowest BCUT2D eigenvalue weighted by Crippen LogP contribution is -2.50. The molecule has 200 valence electrons. The second-order valence-electron chi connectivity index (χ2n) is 9.93. The molecule has 1 fully saturated rings. The van der Waals surface area contributed by atoms with Gasteiger partial charge in [0.25, 0.3) is 0 Å². The molecule has 1 atom stereocenters. The zero-order chi connectivity index (χ0) is 27.2. The van der Waals surface area contributed by atoms with Gasteiger partial charge in [-0.1, -0.05) is 103 Å². The van der Waals surface area contributed by atoms with E-state index in [1.165, 1.54) is 0 Å². The van der Waals surface area contributed by atoms with E-state index < -0.39 is 11.7 Å². The molecule has 0 aliphatic carbocycles. The highest BCUT2D eigenvalue weighted by Gasteiger charge is 2.32. The predicted molar refractivity (Wildman–Crippen MR) is 147 cm³/mol. The number of alkyl halides is 3. The highest BCUT2D eigenvalue weighted by molar-refractivity contribution is 5.78. The number of hydrogen-bond acceptors (Lipinski definition) is 2. The first-order valence-electron chi connectivity index (χ1n) is 13.2. The fraction of sp³-hybridized carbons (Fsp3) is 0.242. The summed E-state index contributed by atoms with van der Waals surface area (Å²) in [6.45, 7) is 2.40. The van der Waals surface area contributed by atoms with Crippen LogP contribution >= 0.6 is 0 Å². The Morgan fingerprint density at radius 1 is 0.615 bits per heavy atom. The van der Waals surface area contributed by atoms with Crippen molar-refractivity contribution in [3.63, 3.8) is 0 Å². The van der Waals surface area contributed by atoms with Crippen LogP contribution in [-0.4, -0.2) is 41.9 Å². The molecule has 4 aromatic carbocycles. The second kappa shape index (κ2) is 11.9. The van der Waals surface area contributed by atoms with Crippen LogP contribution < -0.4 is 0 Å². The third-order valence-electron chi connectivity index (χ3n) is 7.48. The van der Waals surface area contributed by atoms with Crippen molar-refractivity contribution >= 4 is 5.91 Å². The number of carbonyl (C=O) groups is 1. The predicted octanol–water partition coefficient (Wildman–Crippen LogP) is 7.16. The Hall–Kier alpha value is -3.90. The summed E-state index contributed by atoms with van der Waals surface area (Å²) in [5, 5.41) is 0. The Labute approximate surface area is 227 Å². The monoisotopic (exact) mass is 528 g/mol. The first kappa shape index (κ1) is 26.7. The zero-order valence-electron chi connectivity index (χ0n) is 21.6. The van der Waals surface area contributed by atoms with E-state index in [9.17, 15) is 18.0 Å². The van der Waals surface area contributed by atoms with Crippen molar-refractivity contribution < 1.29 is 18.0 Å². The van der Waals surface area contributed by atoms with Gasteiger partial charge in [0.2, 0.25) is 5.91 Å². The maximum Gasteiger partial charge on any atom is 0.416 e. The average molecular weight is 529 g/mol. The Morgan fingerprint density at radius 3 is 1.51 bits per heavy atom. The molecule has 0 saturated carbocycles. The SMILES string of the molecule is O=C(CC(c1ccccc1)c1ccccc1)N1CCN(C(c2ccccc2)c2ccc(C(F)(F)F)cc2)CC1. The highest BCUT2D eigenvalue weighted by atomic mass is 19.4. The molecule has 0 aromatic heterocycles. The molecule has 0 radical (unpaired) electrons. The largest absolute Gasteiger partial charge is 0.416 e. The number of amides is 1. The van der Waals surface area contributed by atoms with Crippen LogP contribution in [0.2, 0.25) is 0 Å². The van der Waals surface area contributed by atoms with E-state index in [1.807, 2.05) is 71.6 Å². The van der Waals surface area contributed by atoms with Crippen molar-refractivity contribution in [1.29, 1.82) is 0 Å². The van der Waals surface area contributed by atoms with Crippen LogP contribution in [-0.2, 0) is 11.0 Å². The summed E-state index contributed by atoms with van der Waals surface area (Å²) in [6, 6.07) is 35.3. The summed E-state index contributed by atoms with van der Waals surface area (Å²) >= 11 is 0. The Bertz CT molecular complexity index is 1300. The molecule has 0 bridgehead atoms. The average Bonchev–Trinajstić information content (AvgIpc) is 2.97. The summed E-state index contributed by atoms with van der Waals surface area (Å²) in [6.07, 6.45) is -3.99. The molecule has 1 aliphatic heterocycles. The number of piperazine rings is 1. The van der Waals surface area contributed by atoms with Crippen LogP contribution in [0.5, 0.6) is 0 Å². The lowest BCUT2D eigenvalue weighted by Gasteiger charge is -2.40. The van der Waals surface area contributed by atoms with E-state index in [4.69, 9.17) is 0 Å². The van der Waals surface area contributed by atoms with Gasteiger partial charge >= 0.3 is 6.18 Å². The van der Waals surface area contributed by atoms with Gasteiger partial charge in [-0.3, -0.25) is 9.69 Å². The molecule has 1 amide bonds. The number of benzene rings is 4. The van der Waals surface area contributed by atoms with E-state index >= 15 is 0 Å². The fourth-order valence-corrected chi connectivity index (χ4v) is 5.44. The zero-order valence-corrected chi connectivity index (χ0v) is 21.6. The minimum absolute atomic E-state index is 0.0258. The van der Waals surface area contributed by atoms with E-state index in [2.05, 4.69) is 29.2 Å². The molecular weight excluding hydrogens is 497 g/mol. The summed E-state index contributed by atoms with van der Waals surface area (Å²) in [5.41, 5.74) is 3.40. The summed E-state index contributed by atoms with van der Waals surface area (Å²) < 4.78 is 39.5. The fourth-order valence-electron chi connectivity index (χ4n) is 5.44. The van der Waals surface area contributed by atoms with Gasteiger partial charge in [0.05, 0.1) is 11.6 Å². The van der Waals surface area contributed by atoms with Gasteiger partial charge in [-0.2, -0.15) is 13.2 Å². The third-order valence-corrected chi connectivity index (χ3v) is 7.48. The molecule has 4 aromatic rings. The van der Waals surface area contributed by atoms with Gasteiger partial charge in [0.1, 0.15) is 0 Å². The van der Waals surface area contributed by atoms with Crippen LogP contribution in [0.3, 0.4) is 0 Å². The minimum atomic E-state index is -4.37. The van der Waals surface area contributed by atoms with Gasteiger partial charge < -0.3 is 4.90 Å². The second-order valence-corrected chi connectivity index (χ2v) is 9.93. The Kier molecular flexibility index (Phi) is 8.13. The molecule has 1 aliphatic rings. The number of nitrogens with zero attached hydrogens (tertiary/aromatic N) is 2. The smallest absolute Gasteiger partial charge is 0.340 e. The van der Waals surface area contributed by atoms with Crippen molar-refractivity contribution in [2.45, 2.75) is 24.6 Å². The lowest BCUT2D eigenvalue weighted by atomic mass is 9.88. The van der Waals surface area contributed by atoms with Crippen molar-refractivity contribution in [3.8, 4) is 0 Å². The van der Waals surface area contributed by atoms with Crippen molar-refractivity contribution in [1.82, 2.24) is 9.80 Å². The molecule has 1 heterocycles. The van der Waals surface area contributed by atoms with Gasteiger partial charge in [-0.25, -0.2) is 0 Å². The molecule has 6 heteroatoms. The van der Waals surface area contributed by atoms with Gasteiger partial charge in [-0.05, 0) is 34.4 Å². The van der Waals surface area contributed by atoms with Crippen LogP contribution in [0.4, 0.5) is 13.2 Å². The minimum Gasteiger partial charge on any atom is -0.340 e. The Morgan fingerprint density at radius 2 is 1.05 bits per heavy atom. The molecule has 39 heavy (non-hydrogen) atoms. The topological polar surface area (TPSA) is 23.6 Å². The van der Waals surface area contributed by atoms with Gasteiger partial charge in [-0.15, -0.1) is 0 Å². The number of carbonyl (C=O) groups excluding carboxylic acids is 1. The van der Waals surface area contributed by atoms with E-state index in [0.29, 0.717) is 32.6 Å². The van der Waals surface area contributed by atoms with Gasteiger partial charge in [0.15, 0.2) is 0 Å². The van der Waals surface area contributed by atoms with E-state index in [-0.39, 0.29) is 17.9 Å². The van der Waals surface area contributed by atoms with Gasteiger partial charge in [0, 0.05) is 38.5 Å². The van der Waals surface area contributed by atoms with Crippen LogP contribution in [0.15, 0.2) is 115 Å². The molecule has 0 spiro atoms. The van der Waals surface area contributed by atoms with Crippen LogP contribution in [0.1, 0.15) is 46.2 Å². The maximum absolute atomic E-state index is 13.5. The first-order chi connectivity index (χ1) is 18.9. The quantitative estimate of drug-likeness (QED) is 0.254. The van der Waals surface area contributed by atoms with E-state index in [0.717, 1.165) is 34.4 Å². The van der Waals surface area contributed by atoms with Crippen molar-refractivity contribution in [2.75, 3.05) is 26.2 Å². The third kappa shape index (κ3) is 6.40. The molecule has 0 N–H and O–H groups in total. The number of rotatable bonds is 7. The highest BCUT2D eigenvalue weighted by Crippen LogP contribution is 2.34. The number of halogens is 3. The molecular formula is C33H31F3N2O. The molecule has 1 unspecified atom stereocenters. The Balaban J connectivity index is 1.31. The van der Waals surface area contributed by atoms with E-state index in [1.54, 1.807) is 12.1 Å². The first-order valence-corrected chi connectivity index (χ1v) is 13.2. The standard InChI is InChI=1S/C33H31F3N2O/c34-33(35,36)29-18-16-28(17-19-29)32(27-14-8-3-9-15-27)38-22-20-37(21-23-38)31(39)24-30(25-10-4-1-5-11-25)26-12-6-2-7-13-26/h1-19,30,32H,20-24H2. The molecule has 1 saturated heterocycles. The molecule has 5 rings (SSSR count). The summed E-state index contributed by atoms with van der Waals surface area (Å²) in [7, 11) is 0. The normalized spacial score (nSPS) is 15.3. The van der Waals surface area contributed by atoms with Crippen molar-refractivity contribution in [2.24, 2.45) is 0 Å². The maximum atomic E-state index is 13.5. The lowest BCUT2D eigenvalue weighted by molar-refractivity contribution is -0.137. The summed E-state index contributed by atoms with van der Waals surface area (Å²) in [5.74, 6) is 0.0836.